The minimum Gasteiger partial charge on any atom is -0.337 e. The van der Waals surface area contributed by atoms with Crippen LogP contribution in [0.3, 0.4) is 0 Å². The highest BCUT2D eigenvalue weighted by molar-refractivity contribution is 7.89. The van der Waals surface area contributed by atoms with Gasteiger partial charge in [0.1, 0.15) is 16.1 Å². The number of halogens is 1. The van der Waals surface area contributed by atoms with Crippen LogP contribution in [0.1, 0.15) is 31.3 Å². The van der Waals surface area contributed by atoms with Crippen LogP contribution in [0.25, 0.3) is 11.4 Å². The second-order valence-corrected chi connectivity index (χ2v) is 8.39. The summed E-state index contributed by atoms with van der Waals surface area (Å²) in [7, 11) is -3.86. The van der Waals surface area contributed by atoms with Crippen molar-refractivity contribution in [2.45, 2.75) is 31.7 Å². The molecule has 0 amide bonds. The van der Waals surface area contributed by atoms with Gasteiger partial charge in [0.25, 0.3) is 0 Å². The van der Waals surface area contributed by atoms with Crippen molar-refractivity contribution in [3.63, 3.8) is 0 Å². The van der Waals surface area contributed by atoms with Crippen molar-refractivity contribution >= 4 is 21.6 Å². The Hall–Kier alpha value is -2.36. The van der Waals surface area contributed by atoms with Gasteiger partial charge in [-0.25, -0.2) is 13.4 Å². The van der Waals surface area contributed by atoms with Gasteiger partial charge in [0.15, 0.2) is 0 Å². The molecule has 0 spiro atoms. The largest absolute Gasteiger partial charge is 0.337 e. The van der Waals surface area contributed by atoms with Crippen LogP contribution in [-0.4, -0.2) is 28.5 Å². The molecule has 1 atom stereocenters. The number of nitrogens with one attached hydrogen (secondary N) is 1. The van der Waals surface area contributed by atoms with Crippen LogP contribution in [0.4, 0.5) is 0 Å². The van der Waals surface area contributed by atoms with Crippen LogP contribution in [0.2, 0.25) is 5.15 Å². The third-order valence-electron chi connectivity index (χ3n) is 3.89. The number of hydrogen-bond acceptors (Lipinski definition) is 7. The predicted octanol–water partition coefficient (Wildman–Crippen LogP) is 3.16. The Morgan fingerprint density at radius 1 is 1.22 bits per heavy atom. The first-order valence-corrected chi connectivity index (χ1v) is 10.0. The monoisotopic (exact) mass is 407 g/mol. The molecule has 3 aromatic rings. The molecule has 0 saturated heterocycles. The first-order valence-electron chi connectivity index (χ1n) is 8.16. The van der Waals surface area contributed by atoms with Crippen LogP contribution in [-0.2, 0) is 10.0 Å². The van der Waals surface area contributed by atoms with E-state index in [9.17, 15) is 8.42 Å². The third kappa shape index (κ3) is 4.32. The first kappa shape index (κ1) is 19.4. The van der Waals surface area contributed by atoms with Crippen molar-refractivity contribution in [3.8, 4) is 11.4 Å². The number of pyridine rings is 2. The summed E-state index contributed by atoms with van der Waals surface area (Å²) in [5.74, 6) is 0.409. The van der Waals surface area contributed by atoms with Crippen molar-refractivity contribution in [2.75, 3.05) is 0 Å². The van der Waals surface area contributed by atoms with Gasteiger partial charge >= 0.3 is 0 Å². The van der Waals surface area contributed by atoms with E-state index in [4.69, 9.17) is 16.1 Å². The normalized spacial score (nSPS) is 13.1. The predicted molar refractivity (Wildman–Crippen MR) is 99.4 cm³/mol. The zero-order valence-electron chi connectivity index (χ0n) is 14.9. The van der Waals surface area contributed by atoms with Crippen LogP contribution >= 0.6 is 11.6 Å². The van der Waals surface area contributed by atoms with Crippen molar-refractivity contribution < 1.29 is 12.9 Å². The molecule has 0 aliphatic heterocycles. The molecule has 3 heterocycles. The quantitative estimate of drug-likeness (QED) is 0.624. The van der Waals surface area contributed by atoms with E-state index in [1.165, 1.54) is 12.3 Å². The Morgan fingerprint density at radius 2 is 1.93 bits per heavy atom. The van der Waals surface area contributed by atoms with Crippen LogP contribution in [0.5, 0.6) is 0 Å². The van der Waals surface area contributed by atoms with Crippen molar-refractivity contribution in [2.24, 2.45) is 5.92 Å². The van der Waals surface area contributed by atoms with Crippen LogP contribution < -0.4 is 4.72 Å². The molecule has 142 valence electrons. The standard InChI is InChI=1S/C17H18ClN5O3S/c1-10(2)14(17-21-16(22-26-17)12-4-6-19-7-5-12)23-27(24,25)13-8-11(3)15(18)20-9-13/h4-10,14,23H,1-3H3. The van der Waals surface area contributed by atoms with Gasteiger partial charge in [-0.05, 0) is 36.6 Å². The van der Waals surface area contributed by atoms with Crippen molar-refractivity contribution in [1.82, 2.24) is 24.8 Å². The summed E-state index contributed by atoms with van der Waals surface area (Å²) in [4.78, 5) is 12.2. The number of aromatic nitrogens is 4. The molecule has 0 fully saturated rings. The van der Waals surface area contributed by atoms with E-state index in [1.807, 2.05) is 13.8 Å². The number of rotatable bonds is 6. The topological polar surface area (TPSA) is 111 Å². The summed E-state index contributed by atoms with van der Waals surface area (Å²) < 4.78 is 33.5. The fraction of sp³-hybridized carbons (Fsp3) is 0.294. The lowest BCUT2D eigenvalue weighted by Gasteiger charge is -2.18. The molecule has 1 unspecified atom stereocenters. The zero-order chi connectivity index (χ0) is 19.6. The average molecular weight is 408 g/mol. The Kier molecular flexibility index (Phi) is 5.54. The summed E-state index contributed by atoms with van der Waals surface area (Å²) in [6.45, 7) is 5.40. The minimum atomic E-state index is -3.86. The van der Waals surface area contributed by atoms with Gasteiger partial charge in [0.2, 0.25) is 21.7 Å². The van der Waals surface area contributed by atoms with Crippen molar-refractivity contribution in [1.29, 1.82) is 0 Å². The second-order valence-electron chi connectivity index (χ2n) is 6.31. The number of aryl methyl sites for hydroxylation is 1. The molecule has 0 aliphatic carbocycles. The summed E-state index contributed by atoms with van der Waals surface area (Å²) in [5.41, 5.74) is 1.29. The van der Waals surface area contributed by atoms with Crippen molar-refractivity contribution in [3.05, 3.63) is 53.4 Å². The lowest BCUT2D eigenvalue weighted by Crippen LogP contribution is -2.32. The van der Waals surface area contributed by atoms with E-state index < -0.39 is 16.1 Å². The second kappa shape index (κ2) is 7.71. The highest BCUT2D eigenvalue weighted by Crippen LogP contribution is 2.26. The fourth-order valence-electron chi connectivity index (χ4n) is 2.37. The third-order valence-corrected chi connectivity index (χ3v) is 5.70. The summed E-state index contributed by atoms with van der Waals surface area (Å²) in [6, 6.07) is 4.25. The molecular weight excluding hydrogens is 390 g/mol. The molecule has 8 nitrogen and oxygen atoms in total. The van der Waals surface area contributed by atoms with Gasteiger partial charge in [0.05, 0.1) is 0 Å². The number of nitrogens with zero attached hydrogens (tertiary/aromatic N) is 4. The molecule has 27 heavy (non-hydrogen) atoms. The zero-order valence-corrected chi connectivity index (χ0v) is 16.5. The molecule has 0 saturated carbocycles. The molecule has 0 radical (unpaired) electrons. The molecule has 0 aliphatic rings. The molecule has 3 aromatic heterocycles. The summed E-state index contributed by atoms with van der Waals surface area (Å²) in [6.07, 6.45) is 4.44. The lowest BCUT2D eigenvalue weighted by atomic mass is 10.1. The van der Waals surface area contributed by atoms with Gasteiger partial charge < -0.3 is 4.52 Å². The molecule has 1 N–H and O–H groups in total. The molecule has 0 aromatic carbocycles. The Bertz CT molecular complexity index is 1040. The van der Waals surface area contributed by atoms with E-state index in [-0.39, 0.29) is 21.9 Å². The average Bonchev–Trinajstić information content (AvgIpc) is 3.12. The SMILES string of the molecule is Cc1cc(S(=O)(=O)NC(c2nc(-c3ccncc3)no2)C(C)C)cnc1Cl. The first-order chi connectivity index (χ1) is 12.8. The Balaban J connectivity index is 1.90. The van der Waals surface area contributed by atoms with Crippen LogP contribution in [0.15, 0.2) is 46.2 Å². The lowest BCUT2D eigenvalue weighted by molar-refractivity contribution is 0.311. The van der Waals surface area contributed by atoms with Gasteiger partial charge in [-0.2, -0.15) is 9.71 Å². The number of hydrogen-bond donors (Lipinski definition) is 1. The summed E-state index contributed by atoms with van der Waals surface area (Å²) >= 11 is 5.88. The van der Waals surface area contributed by atoms with Gasteiger partial charge in [-0.3, -0.25) is 4.98 Å². The van der Waals surface area contributed by atoms with E-state index in [0.717, 1.165) is 5.56 Å². The fourth-order valence-corrected chi connectivity index (χ4v) is 3.84. The van der Waals surface area contributed by atoms with E-state index in [2.05, 4.69) is 24.8 Å². The van der Waals surface area contributed by atoms with Gasteiger partial charge in [0, 0.05) is 24.2 Å². The Morgan fingerprint density at radius 3 is 2.56 bits per heavy atom. The van der Waals surface area contributed by atoms with Crippen LogP contribution in [0, 0.1) is 12.8 Å². The van der Waals surface area contributed by atoms with Gasteiger partial charge in [-0.15, -0.1) is 0 Å². The molecule has 0 bridgehead atoms. The van der Waals surface area contributed by atoms with E-state index >= 15 is 0 Å². The molecule has 3 rings (SSSR count). The maximum Gasteiger partial charge on any atom is 0.245 e. The molecular formula is C17H18ClN5O3S. The maximum absolute atomic E-state index is 12.8. The maximum atomic E-state index is 12.8. The highest BCUT2D eigenvalue weighted by atomic mass is 35.5. The smallest absolute Gasteiger partial charge is 0.245 e. The Labute approximate surface area is 162 Å². The van der Waals surface area contributed by atoms with Gasteiger partial charge in [-0.1, -0.05) is 30.6 Å². The van der Waals surface area contributed by atoms with E-state index in [1.54, 1.807) is 31.5 Å². The number of sulfonamides is 1. The van der Waals surface area contributed by atoms with E-state index in [0.29, 0.717) is 11.4 Å². The minimum absolute atomic E-state index is 0.0175. The molecule has 10 heteroatoms. The summed E-state index contributed by atoms with van der Waals surface area (Å²) in [5, 5.41) is 4.20. The highest BCUT2D eigenvalue weighted by Gasteiger charge is 2.29.